The second-order valence-corrected chi connectivity index (χ2v) is 34.2. The fourth-order valence-corrected chi connectivity index (χ4v) is 20.3. The van der Waals surface area contributed by atoms with E-state index in [1.807, 2.05) is 127 Å². The number of hydrogen-bond donors (Lipinski definition) is 0. The van der Waals surface area contributed by atoms with Crippen LogP contribution in [-0.4, -0.2) is 0 Å². The average Bonchev–Trinajstić information content (AvgIpc) is 2.16. The molecule has 0 unspecified atom stereocenters. The molecule has 444 valence electrons. The number of nitrogens with zero attached hydrogens (tertiary/aromatic N) is 2. The van der Waals surface area contributed by atoms with Gasteiger partial charge in [-0.1, -0.05) is 95.1 Å². The zero-order valence-corrected chi connectivity index (χ0v) is 60.3. The molecule has 0 atom stereocenters. The monoisotopic (exact) mass is 1330 g/mol. The van der Waals surface area contributed by atoms with Crippen LogP contribution in [0.5, 0.6) is 0 Å². The van der Waals surface area contributed by atoms with Gasteiger partial charge in [-0.2, -0.15) is 5.26 Å². The molecule has 0 saturated heterocycles. The van der Waals surface area contributed by atoms with Crippen molar-refractivity contribution in [3.8, 4) is 35.3 Å². The SMILES string of the molecule is Cc1cc2sc(C)cc2s1.Cc1cc2sc3cc(C)sc3c2s1.Cc1ccc(-c2ccc(-c3ccc(C)s3)s2)s1.Cc1ccc(-c2ccc(C)s2)s1.Cc1ccc(C)cc1.Cc1ccc2cc3cc(C)ccc3cc2c1.[C-]#[N+]c1cc(C)c(C#N)cc1C. The largest absolute Gasteiger partial charge is 0.238 e. The van der Waals surface area contributed by atoms with Gasteiger partial charge in [0, 0.05) is 87.1 Å². The summed E-state index contributed by atoms with van der Waals surface area (Å²) in [5, 5.41) is 14.0. The van der Waals surface area contributed by atoms with Gasteiger partial charge in [-0.05, 0) is 227 Å². The normalized spacial score (nSPS) is 10.6. The summed E-state index contributed by atoms with van der Waals surface area (Å²) in [5.74, 6) is 0. The maximum Gasteiger partial charge on any atom is 0.190 e. The van der Waals surface area contributed by atoms with Crippen molar-refractivity contribution in [1.29, 1.82) is 5.26 Å². The highest BCUT2D eigenvalue weighted by Crippen LogP contribution is 2.44. The third-order valence-corrected chi connectivity index (χ3v) is 25.3. The molecule has 15 rings (SSSR count). The van der Waals surface area contributed by atoms with E-state index >= 15 is 0 Å². The minimum atomic E-state index is 0.631. The minimum absolute atomic E-state index is 0.631. The van der Waals surface area contributed by atoms with E-state index in [1.165, 1.54) is 140 Å². The fraction of sp³-hybridized carbons (Fsp3) is 0.184. The molecule has 15 aromatic rings. The quantitative estimate of drug-likeness (QED) is 0.128. The van der Waals surface area contributed by atoms with Crippen LogP contribution in [-0.2, 0) is 0 Å². The number of nitriles is 1. The topological polar surface area (TPSA) is 28.1 Å². The molecular weight excluding hydrogens is 1260 g/mol. The van der Waals surface area contributed by atoms with Gasteiger partial charge in [0.1, 0.15) is 0 Å². The molecule has 0 saturated carbocycles. The van der Waals surface area contributed by atoms with Crippen molar-refractivity contribution < 1.29 is 0 Å². The lowest BCUT2D eigenvalue weighted by molar-refractivity contribution is 1.36. The molecule has 5 aromatic carbocycles. The second kappa shape index (κ2) is 30.3. The summed E-state index contributed by atoms with van der Waals surface area (Å²) in [5.41, 5.74) is 8.32. The third kappa shape index (κ3) is 17.6. The first-order valence-electron chi connectivity index (χ1n) is 28.7. The minimum Gasteiger partial charge on any atom is -0.238 e. The highest BCUT2D eigenvalue weighted by atomic mass is 32.1. The summed E-state index contributed by atoms with van der Waals surface area (Å²) >= 11 is 18.9. The van der Waals surface area contributed by atoms with E-state index in [0.29, 0.717) is 11.3 Å². The molecule has 0 N–H and O–H groups in total. The number of fused-ring (bicyclic) bond motifs is 6. The van der Waals surface area contributed by atoms with Crippen molar-refractivity contribution in [2.24, 2.45) is 0 Å². The van der Waals surface area contributed by atoms with Gasteiger partial charge in [-0.15, -0.1) is 113 Å². The highest BCUT2D eigenvalue weighted by molar-refractivity contribution is 7.38. The van der Waals surface area contributed by atoms with E-state index in [0.717, 1.165) is 11.1 Å². The van der Waals surface area contributed by atoms with Crippen LogP contribution in [0, 0.1) is 115 Å². The lowest BCUT2D eigenvalue weighted by Gasteiger charge is -2.04. The summed E-state index contributed by atoms with van der Waals surface area (Å²) in [6.07, 6.45) is 0. The number of rotatable bonds is 3. The summed E-state index contributed by atoms with van der Waals surface area (Å²) in [6, 6.07) is 63.0. The molecule has 88 heavy (non-hydrogen) atoms. The van der Waals surface area contributed by atoms with Gasteiger partial charge in [0.2, 0.25) is 0 Å². The van der Waals surface area contributed by atoms with Crippen LogP contribution in [0.4, 0.5) is 5.69 Å². The smallest absolute Gasteiger partial charge is 0.190 e. The van der Waals surface area contributed by atoms with Crippen LogP contribution in [0.3, 0.4) is 0 Å². The van der Waals surface area contributed by atoms with Gasteiger partial charge >= 0.3 is 0 Å². The van der Waals surface area contributed by atoms with Gasteiger partial charge in [0.25, 0.3) is 0 Å². The van der Waals surface area contributed by atoms with Gasteiger partial charge in [0.15, 0.2) is 5.69 Å². The van der Waals surface area contributed by atoms with Crippen molar-refractivity contribution in [2.45, 2.75) is 96.9 Å². The summed E-state index contributed by atoms with van der Waals surface area (Å²) in [4.78, 5) is 22.9. The molecule has 0 amide bonds. The van der Waals surface area contributed by atoms with Crippen LogP contribution in [0.25, 0.3) is 83.9 Å². The molecule has 0 bridgehead atoms. The molecule has 0 aliphatic carbocycles. The summed E-state index contributed by atoms with van der Waals surface area (Å²) < 4.78 is 8.80. The Balaban J connectivity index is 0.000000124. The highest BCUT2D eigenvalue weighted by Gasteiger charge is 2.11. The summed E-state index contributed by atoms with van der Waals surface area (Å²) in [7, 11) is 0. The Morgan fingerprint density at radius 3 is 0.977 bits per heavy atom. The maximum atomic E-state index is 8.68. The van der Waals surface area contributed by atoms with E-state index in [4.69, 9.17) is 11.8 Å². The standard InChI is InChI=1S/C16H14.C14H12S3.C10H8N2.C10H8S3.C10H10S2.C8H8S2.C8H10/c1-11-3-5-13-10-16-8-12(2)4-6-14(16)9-15(13)7-11;1-9-3-5-11(15-9)13-7-8-14(17-13)12-6-4-10(2)16-12;1-7-5-10(12-3)8(2)4-9(7)6-11;1-5-3-7-9(11-5)10-8(13-7)4-6(2)12-10;1-7-3-5-9(11-7)10-6-4-8(2)12-10;1-5-3-7-8(9-5)4-6(2)10-7;1-7-3-5-8(2)6-4-7/h3-10H,1-2H3;3-8H,1-2H3;4-5H,1-2H3;3-4H,1-2H3;3-6H,1-2H3;3-4H,1-2H3;3-6H,1-2H3. The van der Waals surface area contributed by atoms with Crippen molar-refractivity contribution in [3.05, 3.63) is 259 Å². The number of hydrogen-bond acceptors (Lipinski definition) is 11. The van der Waals surface area contributed by atoms with Crippen LogP contribution in [0.15, 0.2) is 170 Å². The Hall–Kier alpha value is -6.62. The fourth-order valence-electron chi connectivity index (χ4n) is 9.43. The van der Waals surface area contributed by atoms with Gasteiger partial charge in [-0.3, -0.25) is 0 Å². The molecule has 0 fully saturated rings. The Labute approximate surface area is 560 Å². The van der Waals surface area contributed by atoms with Crippen molar-refractivity contribution >= 4 is 169 Å². The Bertz CT molecular complexity index is 4560. The van der Waals surface area contributed by atoms with Crippen LogP contribution in [0.1, 0.15) is 78.0 Å². The average molecular weight is 1330 g/mol. The van der Waals surface area contributed by atoms with Crippen LogP contribution in [0.2, 0.25) is 0 Å². The van der Waals surface area contributed by atoms with Crippen molar-refractivity contribution in [3.63, 3.8) is 0 Å². The molecule has 0 radical (unpaired) electrons. The first kappa shape index (κ1) is 65.8. The Kier molecular flexibility index (Phi) is 22.6. The molecule has 0 spiro atoms. The van der Waals surface area contributed by atoms with E-state index in [2.05, 4.69) is 252 Å². The first-order valence-corrected chi connectivity index (χ1v) is 36.9. The third-order valence-electron chi connectivity index (χ3n) is 13.9. The second-order valence-electron chi connectivity index (χ2n) is 21.8. The molecule has 12 heteroatoms. The molecule has 0 aliphatic rings. The number of aryl methyl sites for hydroxylation is 14. The zero-order chi connectivity index (χ0) is 62.8. The van der Waals surface area contributed by atoms with E-state index in [9.17, 15) is 0 Å². The molecule has 10 heterocycles. The molecule has 0 aliphatic heterocycles. The first-order chi connectivity index (χ1) is 42.2. The molecule has 2 nitrogen and oxygen atoms in total. The predicted molar refractivity (Wildman–Crippen MR) is 405 cm³/mol. The van der Waals surface area contributed by atoms with Gasteiger partial charge in [0.05, 0.1) is 27.6 Å². The number of benzene rings is 5. The Morgan fingerprint density at radius 1 is 0.284 bits per heavy atom. The molecular formula is C76H70N2S10. The van der Waals surface area contributed by atoms with Gasteiger partial charge < -0.3 is 0 Å². The van der Waals surface area contributed by atoms with E-state index < -0.39 is 0 Å². The van der Waals surface area contributed by atoms with Crippen molar-refractivity contribution in [1.82, 2.24) is 0 Å². The maximum absolute atomic E-state index is 8.68. The lowest BCUT2D eigenvalue weighted by Crippen LogP contribution is -1.83. The predicted octanol–water partition coefficient (Wildman–Crippen LogP) is 27.9. The van der Waals surface area contributed by atoms with Crippen molar-refractivity contribution in [2.75, 3.05) is 0 Å². The van der Waals surface area contributed by atoms with E-state index in [1.54, 1.807) is 12.1 Å². The Morgan fingerprint density at radius 2 is 0.625 bits per heavy atom. The summed E-state index contributed by atoms with van der Waals surface area (Å²) in [6.45, 7) is 36.3. The lowest BCUT2D eigenvalue weighted by atomic mass is 10.0. The number of thiophene rings is 10. The molecule has 10 aromatic heterocycles. The van der Waals surface area contributed by atoms with Crippen LogP contribution >= 0.6 is 113 Å². The zero-order valence-electron chi connectivity index (χ0n) is 52.1. The van der Waals surface area contributed by atoms with Gasteiger partial charge in [-0.25, -0.2) is 4.85 Å². The van der Waals surface area contributed by atoms with Crippen LogP contribution < -0.4 is 0 Å². The van der Waals surface area contributed by atoms with E-state index in [-0.39, 0.29) is 0 Å².